The number of hydrogen-bond donors (Lipinski definition) is 1. The highest BCUT2D eigenvalue weighted by Crippen LogP contribution is 2.46. The molecule has 94 valence electrons. The molecule has 2 rings (SSSR count). The second-order valence-corrected chi connectivity index (χ2v) is 5.49. The Labute approximate surface area is 101 Å². The van der Waals surface area contributed by atoms with Crippen molar-refractivity contribution in [2.75, 3.05) is 0 Å². The molecule has 1 aliphatic carbocycles. The Morgan fingerprint density at radius 2 is 2.06 bits per heavy atom. The summed E-state index contributed by atoms with van der Waals surface area (Å²) in [7, 11) is 0. The van der Waals surface area contributed by atoms with Gasteiger partial charge < -0.3 is 5.11 Å². The number of aliphatic hydroxyl groups is 1. The SMILES string of the molecule is CC(c1cccc(C(C)(C)O)c1OF)C1CC1. The van der Waals surface area contributed by atoms with Gasteiger partial charge in [0, 0.05) is 15.7 Å². The summed E-state index contributed by atoms with van der Waals surface area (Å²) in [6, 6.07) is 5.44. The standard InChI is InChI=1S/C14H19FO2/c1-9(10-7-8-10)11-5-4-6-12(13(11)17-15)14(2,3)16/h4-6,9-10,16H,7-8H2,1-3H3. The molecule has 0 spiro atoms. The lowest BCUT2D eigenvalue weighted by Gasteiger charge is -2.23. The molecule has 3 heteroatoms. The third-order valence-electron chi connectivity index (χ3n) is 3.60. The van der Waals surface area contributed by atoms with Gasteiger partial charge in [0.2, 0.25) is 0 Å². The van der Waals surface area contributed by atoms with Crippen LogP contribution in [-0.2, 0) is 5.60 Å². The van der Waals surface area contributed by atoms with Crippen LogP contribution in [0.3, 0.4) is 0 Å². The first-order valence-electron chi connectivity index (χ1n) is 6.09. The molecular weight excluding hydrogens is 219 g/mol. The molecule has 1 aliphatic rings. The van der Waals surface area contributed by atoms with Crippen molar-refractivity contribution in [1.29, 1.82) is 0 Å². The van der Waals surface area contributed by atoms with E-state index in [0.29, 0.717) is 11.5 Å². The number of hydrogen-bond acceptors (Lipinski definition) is 2. The monoisotopic (exact) mass is 238 g/mol. The van der Waals surface area contributed by atoms with Crippen LogP contribution in [0.4, 0.5) is 4.53 Å². The van der Waals surface area contributed by atoms with Crippen molar-refractivity contribution in [2.24, 2.45) is 5.92 Å². The minimum Gasteiger partial charge on any atom is -0.386 e. The first kappa shape index (κ1) is 12.4. The summed E-state index contributed by atoms with van der Waals surface area (Å²) in [5.74, 6) is 1.10. The van der Waals surface area contributed by atoms with E-state index in [2.05, 4.69) is 11.9 Å². The van der Waals surface area contributed by atoms with Crippen LogP contribution in [0, 0.1) is 5.92 Å². The lowest BCUT2D eigenvalue weighted by molar-refractivity contribution is -0.0167. The third kappa shape index (κ3) is 2.44. The van der Waals surface area contributed by atoms with Gasteiger partial charge in [-0.3, -0.25) is 4.94 Å². The van der Waals surface area contributed by atoms with E-state index < -0.39 is 5.60 Å². The molecule has 17 heavy (non-hydrogen) atoms. The summed E-state index contributed by atoms with van der Waals surface area (Å²) in [5, 5.41) is 10.0. The van der Waals surface area contributed by atoms with Gasteiger partial charge in [0.1, 0.15) is 0 Å². The van der Waals surface area contributed by atoms with Crippen LogP contribution >= 0.6 is 0 Å². The maximum Gasteiger partial charge on any atom is 0.181 e. The maximum absolute atomic E-state index is 12.8. The van der Waals surface area contributed by atoms with Gasteiger partial charge in [0.15, 0.2) is 5.75 Å². The molecule has 1 N–H and O–H groups in total. The summed E-state index contributed by atoms with van der Waals surface area (Å²) in [6.07, 6.45) is 2.39. The first-order valence-corrected chi connectivity index (χ1v) is 6.09. The van der Waals surface area contributed by atoms with Crippen molar-refractivity contribution in [1.82, 2.24) is 0 Å². The van der Waals surface area contributed by atoms with E-state index in [4.69, 9.17) is 0 Å². The van der Waals surface area contributed by atoms with Crippen LogP contribution in [0.2, 0.25) is 0 Å². The summed E-state index contributed by atoms with van der Waals surface area (Å²) >= 11 is 0. The van der Waals surface area contributed by atoms with Crippen molar-refractivity contribution in [2.45, 2.75) is 45.1 Å². The van der Waals surface area contributed by atoms with Gasteiger partial charge >= 0.3 is 0 Å². The average Bonchev–Trinajstić information content (AvgIpc) is 3.09. The van der Waals surface area contributed by atoms with Crippen molar-refractivity contribution >= 4 is 0 Å². The quantitative estimate of drug-likeness (QED) is 0.866. The van der Waals surface area contributed by atoms with Crippen molar-refractivity contribution in [3.63, 3.8) is 0 Å². The zero-order chi connectivity index (χ0) is 12.6. The van der Waals surface area contributed by atoms with Crippen LogP contribution < -0.4 is 4.94 Å². The minimum absolute atomic E-state index is 0.194. The summed E-state index contributed by atoms with van der Waals surface area (Å²) in [5.41, 5.74) is 0.264. The zero-order valence-electron chi connectivity index (χ0n) is 10.5. The van der Waals surface area contributed by atoms with E-state index in [1.807, 2.05) is 12.1 Å². The lowest BCUT2D eigenvalue weighted by Crippen LogP contribution is -2.17. The molecule has 0 amide bonds. The van der Waals surface area contributed by atoms with Gasteiger partial charge in [-0.15, -0.1) is 0 Å². The Kier molecular flexibility index (Phi) is 3.13. The minimum atomic E-state index is -1.10. The van der Waals surface area contributed by atoms with Crippen LogP contribution in [0.15, 0.2) is 18.2 Å². The van der Waals surface area contributed by atoms with E-state index in [1.165, 1.54) is 12.8 Å². The summed E-state index contributed by atoms with van der Waals surface area (Å²) in [6.45, 7) is 5.36. The largest absolute Gasteiger partial charge is 0.386 e. The second-order valence-electron chi connectivity index (χ2n) is 5.49. The second kappa shape index (κ2) is 4.30. The molecule has 1 atom stereocenters. The molecule has 1 saturated carbocycles. The van der Waals surface area contributed by atoms with E-state index >= 15 is 0 Å². The molecule has 0 aliphatic heterocycles. The molecule has 2 nitrogen and oxygen atoms in total. The zero-order valence-corrected chi connectivity index (χ0v) is 10.5. The van der Waals surface area contributed by atoms with Crippen LogP contribution in [-0.4, -0.2) is 5.11 Å². The normalized spacial score (nSPS) is 17.9. The van der Waals surface area contributed by atoms with Gasteiger partial charge in [-0.1, -0.05) is 25.1 Å². The molecular formula is C14H19FO2. The van der Waals surface area contributed by atoms with Gasteiger partial charge in [0.05, 0.1) is 5.60 Å². The number of rotatable bonds is 4. The van der Waals surface area contributed by atoms with E-state index in [-0.39, 0.29) is 11.7 Å². The van der Waals surface area contributed by atoms with Crippen LogP contribution in [0.5, 0.6) is 5.75 Å². The Morgan fingerprint density at radius 1 is 1.41 bits per heavy atom. The van der Waals surface area contributed by atoms with Crippen molar-refractivity contribution in [3.8, 4) is 5.75 Å². The molecule has 0 bridgehead atoms. The Balaban J connectivity index is 2.45. The predicted molar refractivity (Wildman–Crippen MR) is 64.6 cm³/mol. The third-order valence-corrected chi connectivity index (χ3v) is 3.60. The summed E-state index contributed by atoms with van der Waals surface area (Å²) < 4.78 is 12.8. The van der Waals surface area contributed by atoms with Gasteiger partial charge in [0.25, 0.3) is 0 Å². The molecule has 1 aromatic rings. The molecule has 0 radical (unpaired) electrons. The number of benzene rings is 1. The topological polar surface area (TPSA) is 29.5 Å². The summed E-state index contributed by atoms with van der Waals surface area (Å²) in [4.78, 5) is 4.04. The fraction of sp³-hybridized carbons (Fsp3) is 0.571. The molecule has 0 saturated heterocycles. The lowest BCUT2D eigenvalue weighted by atomic mass is 9.89. The van der Waals surface area contributed by atoms with Gasteiger partial charge in [-0.25, -0.2) is 0 Å². The van der Waals surface area contributed by atoms with Crippen LogP contribution in [0.25, 0.3) is 0 Å². The number of para-hydroxylation sites is 1. The van der Waals surface area contributed by atoms with Gasteiger partial charge in [-0.05, 0) is 38.5 Å². The molecule has 0 heterocycles. The maximum atomic E-state index is 12.8. The average molecular weight is 238 g/mol. The Bertz CT molecular complexity index is 405. The molecule has 1 fully saturated rings. The van der Waals surface area contributed by atoms with E-state index in [9.17, 15) is 9.63 Å². The van der Waals surface area contributed by atoms with Gasteiger partial charge in [-0.2, -0.15) is 0 Å². The fourth-order valence-corrected chi connectivity index (χ4v) is 2.33. The van der Waals surface area contributed by atoms with Crippen molar-refractivity contribution < 1.29 is 14.6 Å². The molecule has 1 aromatic carbocycles. The highest BCUT2D eigenvalue weighted by Gasteiger charge is 2.33. The van der Waals surface area contributed by atoms with E-state index in [0.717, 1.165) is 5.56 Å². The van der Waals surface area contributed by atoms with Crippen LogP contribution in [0.1, 0.15) is 50.7 Å². The Hall–Kier alpha value is -1.09. The van der Waals surface area contributed by atoms with E-state index in [1.54, 1.807) is 19.9 Å². The highest BCUT2D eigenvalue weighted by atomic mass is 19.3. The highest BCUT2D eigenvalue weighted by molar-refractivity contribution is 5.46. The first-order chi connectivity index (χ1) is 7.95. The smallest absolute Gasteiger partial charge is 0.181 e. The predicted octanol–water partition coefficient (Wildman–Crippen LogP) is 3.69. The van der Waals surface area contributed by atoms with Crippen molar-refractivity contribution in [3.05, 3.63) is 29.3 Å². The molecule has 0 aromatic heterocycles. The Morgan fingerprint density at radius 3 is 2.53 bits per heavy atom. The fourth-order valence-electron chi connectivity index (χ4n) is 2.33. The molecule has 1 unspecified atom stereocenters. The number of halogens is 1.